The largest absolute Gasteiger partial charge is 0.489 e. The lowest BCUT2D eigenvalue weighted by molar-refractivity contribution is -0.131. The van der Waals surface area contributed by atoms with Gasteiger partial charge < -0.3 is 9.84 Å². The third kappa shape index (κ3) is 5.41. The van der Waals surface area contributed by atoms with E-state index in [0.29, 0.717) is 12.3 Å². The van der Waals surface area contributed by atoms with Crippen LogP contribution in [0.4, 0.5) is 0 Å². The van der Waals surface area contributed by atoms with Crippen LogP contribution in [0, 0.1) is 0 Å². The molecule has 0 spiro atoms. The van der Waals surface area contributed by atoms with Crippen LogP contribution >= 0.6 is 0 Å². The molecule has 1 aliphatic carbocycles. The molecular weight excluding hydrogens is 448 g/mol. The summed E-state index contributed by atoms with van der Waals surface area (Å²) in [6.07, 6.45) is 8.54. The average Bonchev–Trinajstić information content (AvgIpc) is 3.32. The number of hydrogen-bond acceptors (Lipinski definition) is 3. The van der Waals surface area contributed by atoms with Gasteiger partial charge in [0.15, 0.2) is 0 Å². The zero-order valence-corrected chi connectivity index (χ0v) is 20.2. The molecule has 0 atom stereocenters. The maximum atomic E-state index is 11.4. The molecule has 5 heteroatoms. The first-order chi connectivity index (χ1) is 17.7. The Balaban J connectivity index is 1.57. The number of carboxylic acid groups (broad SMARTS) is 1. The molecule has 0 radical (unpaired) electrons. The summed E-state index contributed by atoms with van der Waals surface area (Å²) < 4.78 is 8.16. The van der Waals surface area contributed by atoms with Crippen molar-refractivity contribution in [1.29, 1.82) is 0 Å². The average molecular weight is 479 g/mol. The maximum absolute atomic E-state index is 11.4. The Bertz CT molecular complexity index is 1320. The Morgan fingerprint density at radius 2 is 1.56 bits per heavy atom. The highest BCUT2D eigenvalue weighted by Crippen LogP contribution is 2.40. The zero-order valence-electron chi connectivity index (χ0n) is 20.2. The van der Waals surface area contributed by atoms with E-state index in [0.717, 1.165) is 46.5 Å². The molecule has 5 rings (SSSR count). The third-order valence-electron chi connectivity index (χ3n) is 6.68. The first-order valence-electron chi connectivity index (χ1n) is 12.5. The molecule has 0 aliphatic heterocycles. The highest BCUT2D eigenvalue weighted by molar-refractivity contribution is 5.91. The summed E-state index contributed by atoms with van der Waals surface area (Å²) >= 11 is 0. The highest BCUT2D eigenvalue weighted by Gasteiger charge is 2.25. The van der Waals surface area contributed by atoms with Gasteiger partial charge in [0.1, 0.15) is 12.4 Å². The molecule has 1 heterocycles. The normalized spacial score (nSPS) is 14.2. The standard InChI is InChI=1S/C31H30N2O3/c34-29(35)21-20-28-30(24-12-6-2-7-13-24)31(33(32-28)26-14-8-3-9-15-26)25-16-18-27(19-17-25)36-22-23-10-4-1-5-11-23/h1-2,4-7,10-13,16-21,26H,3,8-9,14-15,22H2,(H,34,35)/b21-20+. The van der Waals surface area contributed by atoms with Crippen molar-refractivity contribution in [1.82, 2.24) is 9.78 Å². The first-order valence-corrected chi connectivity index (χ1v) is 12.5. The molecule has 0 unspecified atom stereocenters. The number of hydrogen-bond donors (Lipinski definition) is 1. The molecule has 1 N–H and O–H groups in total. The second kappa shape index (κ2) is 11.1. The second-order valence-electron chi connectivity index (χ2n) is 9.18. The molecule has 5 nitrogen and oxygen atoms in total. The summed E-state index contributed by atoms with van der Waals surface area (Å²) in [7, 11) is 0. The smallest absolute Gasteiger partial charge is 0.328 e. The van der Waals surface area contributed by atoms with Gasteiger partial charge in [-0.1, -0.05) is 79.9 Å². The predicted molar refractivity (Wildman–Crippen MR) is 143 cm³/mol. The van der Waals surface area contributed by atoms with Crippen molar-refractivity contribution >= 4 is 12.0 Å². The van der Waals surface area contributed by atoms with Gasteiger partial charge in [-0.2, -0.15) is 5.10 Å². The Kier molecular flexibility index (Phi) is 7.27. The molecule has 182 valence electrons. The number of carbonyl (C=O) groups is 1. The van der Waals surface area contributed by atoms with Crippen LogP contribution in [-0.4, -0.2) is 20.9 Å². The fraction of sp³-hybridized carbons (Fsp3) is 0.226. The fourth-order valence-electron chi connectivity index (χ4n) is 4.92. The molecule has 1 saturated carbocycles. The van der Waals surface area contributed by atoms with E-state index in [9.17, 15) is 9.90 Å². The van der Waals surface area contributed by atoms with Crippen LogP contribution in [0.2, 0.25) is 0 Å². The maximum Gasteiger partial charge on any atom is 0.328 e. The summed E-state index contributed by atoms with van der Waals surface area (Å²) in [6.45, 7) is 0.513. The van der Waals surface area contributed by atoms with Crippen molar-refractivity contribution in [3.8, 4) is 28.1 Å². The topological polar surface area (TPSA) is 64.3 Å². The van der Waals surface area contributed by atoms with E-state index in [1.807, 2.05) is 48.5 Å². The van der Waals surface area contributed by atoms with Crippen molar-refractivity contribution in [2.75, 3.05) is 0 Å². The molecule has 1 fully saturated rings. The highest BCUT2D eigenvalue weighted by atomic mass is 16.5. The van der Waals surface area contributed by atoms with Gasteiger partial charge >= 0.3 is 5.97 Å². The van der Waals surface area contributed by atoms with Crippen LogP contribution in [-0.2, 0) is 11.4 Å². The molecule has 3 aromatic carbocycles. The molecule has 0 bridgehead atoms. The first kappa shape index (κ1) is 23.6. The van der Waals surface area contributed by atoms with E-state index in [4.69, 9.17) is 9.84 Å². The van der Waals surface area contributed by atoms with Gasteiger partial charge in [-0.05, 0) is 54.3 Å². The minimum atomic E-state index is -0.984. The van der Waals surface area contributed by atoms with Crippen molar-refractivity contribution < 1.29 is 14.6 Å². The van der Waals surface area contributed by atoms with E-state index >= 15 is 0 Å². The second-order valence-corrected chi connectivity index (χ2v) is 9.18. The van der Waals surface area contributed by atoms with Crippen molar-refractivity contribution in [3.63, 3.8) is 0 Å². The van der Waals surface area contributed by atoms with Crippen molar-refractivity contribution in [2.24, 2.45) is 0 Å². The predicted octanol–water partition coefficient (Wildman–Crippen LogP) is 7.40. The summed E-state index contributed by atoms with van der Waals surface area (Å²) in [6, 6.07) is 28.7. The fourth-order valence-corrected chi connectivity index (χ4v) is 4.92. The molecule has 36 heavy (non-hydrogen) atoms. The van der Waals surface area contributed by atoms with Gasteiger partial charge in [-0.3, -0.25) is 4.68 Å². The number of aromatic nitrogens is 2. The van der Waals surface area contributed by atoms with E-state index in [1.54, 1.807) is 6.08 Å². The Morgan fingerprint density at radius 3 is 2.22 bits per heavy atom. The van der Waals surface area contributed by atoms with Crippen molar-refractivity contribution in [3.05, 3.63) is 102 Å². The Morgan fingerprint density at radius 1 is 0.889 bits per heavy atom. The van der Waals surface area contributed by atoms with Gasteiger partial charge in [-0.15, -0.1) is 0 Å². The van der Waals surface area contributed by atoms with E-state index < -0.39 is 5.97 Å². The lowest BCUT2D eigenvalue weighted by Crippen LogP contribution is -2.15. The Labute approximate surface area is 211 Å². The number of aliphatic carboxylic acids is 1. The number of carboxylic acids is 1. The quantitative estimate of drug-likeness (QED) is 0.268. The van der Waals surface area contributed by atoms with Crippen LogP contribution in [0.25, 0.3) is 28.5 Å². The molecule has 0 saturated heterocycles. The van der Waals surface area contributed by atoms with Crippen LogP contribution in [0.15, 0.2) is 91.0 Å². The van der Waals surface area contributed by atoms with Crippen molar-refractivity contribution in [2.45, 2.75) is 44.8 Å². The van der Waals surface area contributed by atoms with Gasteiger partial charge in [0.2, 0.25) is 0 Å². The minimum absolute atomic E-state index is 0.289. The molecule has 1 aromatic heterocycles. The molecule has 4 aromatic rings. The van der Waals surface area contributed by atoms with Crippen LogP contribution in [0.3, 0.4) is 0 Å². The lowest BCUT2D eigenvalue weighted by atomic mass is 9.94. The monoisotopic (exact) mass is 478 g/mol. The van der Waals surface area contributed by atoms with Gasteiger partial charge in [-0.25, -0.2) is 4.79 Å². The van der Waals surface area contributed by atoms with Crippen LogP contribution < -0.4 is 4.74 Å². The van der Waals surface area contributed by atoms with Crippen LogP contribution in [0.5, 0.6) is 5.75 Å². The van der Waals surface area contributed by atoms with E-state index in [-0.39, 0.29) is 6.04 Å². The number of nitrogens with zero attached hydrogens (tertiary/aromatic N) is 2. The number of rotatable bonds is 8. The zero-order chi connectivity index (χ0) is 24.7. The number of benzene rings is 3. The molecule has 1 aliphatic rings. The lowest BCUT2D eigenvalue weighted by Gasteiger charge is -2.24. The SMILES string of the molecule is O=C(O)/C=C/c1nn(C2CCCCC2)c(-c2ccc(OCc3ccccc3)cc2)c1-c1ccccc1. The molecule has 0 amide bonds. The summed E-state index contributed by atoms with van der Waals surface area (Å²) in [5.74, 6) is -0.179. The Hall–Kier alpha value is -4.12. The number of ether oxygens (including phenoxy) is 1. The summed E-state index contributed by atoms with van der Waals surface area (Å²) in [5, 5.41) is 14.3. The van der Waals surface area contributed by atoms with E-state index in [2.05, 4.69) is 41.1 Å². The third-order valence-corrected chi connectivity index (χ3v) is 6.68. The molecular formula is C31H30N2O3. The minimum Gasteiger partial charge on any atom is -0.489 e. The van der Waals surface area contributed by atoms with Gasteiger partial charge in [0, 0.05) is 17.2 Å². The van der Waals surface area contributed by atoms with Crippen LogP contribution in [0.1, 0.15) is 49.4 Å². The van der Waals surface area contributed by atoms with Gasteiger partial charge in [0.25, 0.3) is 0 Å². The van der Waals surface area contributed by atoms with E-state index in [1.165, 1.54) is 25.3 Å². The summed E-state index contributed by atoms with van der Waals surface area (Å²) in [5.41, 5.74) is 5.83. The summed E-state index contributed by atoms with van der Waals surface area (Å²) in [4.78, 5) is 11.4. The van der Waals surface area contributed by atoms with Gasteiger partial charge in [0.05, 0.1) is 17.4 Å².